The third-order valence-electron chi connectivity index (χ3n) is 3.66. The normalized spacial score (nSPS) is 10.6. The predicted molar refractivity (Wildman–Crippen MR) is 85.9 cm³/mol. The van der Waals surface area contributed by atoms with Crippen LogP contribution in [0.15, 0.2) is 24.3 Å². The summed E-state index contributed by atoms with van der Waals surface area (Å²) in [4.78, 5) is 14.4. The first-order valence-corrected chi connectivity index (χ1v) is 8.00. The molecule has 0 radical (unpaired) electrons. The van der Waals surface area contributed by atoms with Gasteiger partial charge in [0.05, 0.1) is 0 Å². The molecule has 0 aromatic heterocycles. The molecule has 0 atom stereocenters. The van der Waals surface area contributed by atoms with Crippen LogP contribution in [0.1, 0.15) is 57.1 Å². The van der Waals surface area contributed by atoms with Crippen LogP contribution in [0.2, 0.25) is 0 Å². The van der Waals surface area contributed by atoms with Gasteiger partial charge in [-0.05, 0) is 31.7 Å². The van der Waals surface area contributed by atoms with E-state index in [4.69, 9.17) is 0 Å². The fourth-order valence-electron chi connectivity index (χ4n) is 2.22. The Labute approximate surface area is 124 Å². The zero-order valence-electron chi connectivity index (χ0n) is 13.3. The average Bonchev–Trinajstić information content (AvgIpc) is 2.46. The Morgan fingerprint density at radius 2 is 1.55 bits per heavy atom. The minimum absolute atomic E-state index is 0.312. The number of nitrogens with zero attached hydrogens (tertiary/aromatic N) is 1. The molecule has 0 heterocycles. The molecule has 2 nitrogen and oxygen atoms in total. The highest BCUT2D eigenvalue weighted by Gasteiger charge is 2.12. The van der Waals surface area contributed by atoms with Crippen molar-refractivity contribution in [3.05, 3.63) is 35.4 Å². The zero-order valence-corrected chi connectivity index (χ0v) is 13.3. The van der Waals surface area contributed by atoms with Crippen LogP contribution in [0.4, 0.5) is 0 Å². The minimum atomic E-state index is 0.312. The van der Waals surface area contributed by atoms with Gasteiger partial charge in [0.2, 0.25) is 5.91 Å². The van der Waals surface area contributed by atoms with Crippen molar-refractivity contribution in [3.63, 3.8) is 0 Å². The monoisotopic (exact) mass is 275 g/mol. The van der Waals surface area contributed by atoms with Crippen LogP contribution in [-0.4, -0.2) is 23.9 Å². The Morgan fingerprint density at radius 3 is 2.05 bits per heavy atom. The Hall–Kier alpha value is -1.31. The SMILES string of the molecule is CCCCN(CCCC)C(=O)CCc1ccc(C)cc1. The fourth-order valence-corrected chi connectivity index (χ4v) is 2.22. The third kappa shape index (κ3) is 6.23. The summed E-state index contributed by atoms with van der Waals surface area (Å²) in [6, 6.07) is 8.49. The van der Waals surface area contributed by atoms with Crippen molar-refractivity contribution in [1.82, 2.24) is 4.90 Å². The van der Waals surface area contributed by atoms with E-state index in [9.17, 15) is 4.79 Å². The molecular weight excluding hydrogens is 246 g/mol. The van der Waals surface area contributed by atoms with Gasteiger partial charge in [-0.3, -0.25) is 4.79 Å². The highest BCUT2D eigenvalue weighted by Crippen LogP contribution is 2.08. The molecule has 1 amide bonds. The maximum atomic E-state index is 12.3. The number of benzene rings is 1. The number of hydrogen-bond donors (Lipinski definition) is 0. The molecule has 1 aromatic rings. The van der Waals surface area contributed by atoms with E-state index in [1.54, 1.807) is 0 Å². The van der Waals surface area contributed by atoms with Crippen molar-refractivity contribution in [2.75, 3.05) is 13.1 Å². The van der Waals surface area contributed by atoms with Crippen molar-refractivity contribution in [3.8, 4) is 0 Å². The van der Waals surface area contributed by atoms with E-state index in [0.29, 0.717) is 12.3 Å². The largest absolute Gasteiger partial charge is 0.343 e. The minimum Gasteiger partial charge on any atom is -0.343 e. The van der Waals surface area contributed by atoms with Gasteiger partial charge in [-0.1, -0.05) is 56.5 Å². The summed E-state index contributed by atoms with van der Waals surface area (Å²) in [5.74, 6) is 0.312. The van der Waals surface area contributed by atoms with Gasteiger partial charge >= 0.3 is 0 Å². The summed E-state index contributed by atoms with van der Waals surface area (Å²) in [6.07, 6.45) is 6.01. The molecule has 0 aliphatic rings. The highest BCUT2D eigenvalue weighted by atomic mass is 16.2. The van der Waals surface area contributed by atoms with Crippen LogP contribution < -0.4 is 0 Å². The molecule has 0 bridgehead atoms. The molecule has 0 N–H and O–H groups in total. The molecule has 1 aromatic carbocycles. The Balaban J connectivity index is 2.45. The zero-order chi connectivity index (χ0) is 14.8. The van der Waals surface area contributed by atoms with E-state index in [1.165, 1.54) is 11.1 Å². The van der Waals surface area contributed by atoms with Gasteiger partial charge < -0.3 is 4.90 Å². The van der Waals surface area contributed by atoms with E-state index in [0.717, 1.165) is 45.2 Å². The van der Waals surface area contributed by atoms with E-state index < -0.39 is 0 Å². The summed E-state index contributed by atoms with van der Waals surface area (Å²) < 4.78 is 0. The molecule has 0 saturated heterocycles. The average molecular weight is 275 g/mol. The Bertz CT molecular complexity index is 375. The van der Waals surface area contributed by atoms with Gasteiger partial charge in [0.1, 0.15) is 0 Å². The molecule has 0 spiro atoms. The molecule has 2 heteroatoms. The number of amides is 1. The van der Waals surface area contributed by atoms with Crippen LogP contribution in [0.5, 0.6) is 0 Å². The fraction of sp³-hybridized carbons (Fsp3) is 0.611. The van der Waals surface area contributed by atoms with Gasteiger partial charge in [-0.2, -0.15) is 0 Å². The molecule has 0 saturated carbocycles. The second kappa shape index (κ2) is 9.57. The predicted octanol–water partition coefficient (Wildman–Crippen LogP) is 4.36. The van der Waals surface area contributed by atoms with Gasteiger partial charge in [0, 0.05) is 19.5 Å². The lowest BCUT2D eigenvalue weighted by molar-refractivity contribution is -0.131. The molecule has 0 unspecified atom stereocenters. The highest BCUT2D eigenvalue weighted by molar-refractivity contribution is 5.76. The van der Waals surface area contributed by atoms with Crippen LogP contribution in [0.25, 0.3) is 0 Å². The van der Waals surface area contributed by atoms with Crippen molar-refractivity contribution in [2.45, 2.75) is 59.3 Å². The smallest absolute Gasteiger partial charge is 0.222 e. The summed E-state index contributed by atoms with van der Waals surface area (Å²) in [5.41, 5.74) is 2.53. The molecular formula is C18H29NO. The summed E-state index contributed by atoms with van der Waals surface area (Å²) in [5, 5.41) is 0. The number of unbranched alkanes of at least 4 members (excludes halogenated alkanes) is 2. The first-order valence-electron chi connectivity index (χ1n) is 8.00. The number of hydrogen-bond acceptors (Lipinski definition) is 1. The first-order chi connectivity index (χ1) is 9.67. The number of carbonyl (C=O) groups is 1. The standard InChI is InChI=1S/C18H29NO/c1-4-6-14-19(15-7-5-2)18(20)13-12-17-10-8-16(3)9-11-17/h8-11H,4-7,12-15H2,1-3H3. The van der Waals surface area contributed by atoms with Crippen LogP contribution >= 0.6 is 0 Å². The lowest BCUT2D eigenvalue weighted by Gasteiger charge is -2.22. The van der Waals surface area contributed by atoms with Gasteiger partial charge in [-0.15, -0.1) is 0 Å². The number of carbonyl (C=O) groups excluding carboxylic acids is 1. The van der Waals surface area contributed by atoms with E-state index in [-0.39, 0.29) is 0 Å². The lowest BCUT2D eigenvalue weighted by Crippen LogP contribution is -2.33. The van der Waals surface area contributed by atoms with Gasteiger partial charge in [-0.25, -0.2) is 0 Å². The van der Waals surface area contributed by atoms with E-state index in [1.807, 2.05) is 0 Å². The van der Waals surface area contributed by atoms with Crippen LogP contribution in [0, 0.1) is 6.92 Å². The summed E-state index contributed by atoms with van der Waals surface area (Å²) >= 11 is 0. The molecule has 0 aliphatic carbocycles. The maximum absolute atomic E-state index is 12.3. The Kier molecular flexibility index (Phi) is 8.01. The molecule has 1 rings (SSSR count). The lowest BCUT2D eigenvalue weighted by atomic mass is 10.1. The number of aryl methyl sites for hydroxylation is 2. The van der Waals surface area contributed by atoms with Crippen molar-refractivity contribution in [2.24, 2.45) is 0 Å². The van der Waals surface area contributed by atoms with Gasteiger partial charge in [0.15, 0.2) is 0 Å². The van der Waals surface area contributed by atoms with E-state index in [2.05, 4.69) is 49.9 Å². The molecule has 112 valence electrons. The first kappa shape index (κ1) is 16.7. The van der Waals surface area contributed by atoms with Crippen LogP contribution in [0.3, 0.4) is 0 Å². The van der Waals surface area contributed by atoms with Crippen LogP contribution in [-0.2, 0) is 11.2 Å². The summed E-state index contributed by atoms with van der Waals surface area (Å²) in [6.45, 7) is 8.28. The quantitative estimate of drug-likeness (QED) is 0.656. The second-order valence-electron chi connectivity index (χ2n) is 5.57. The molecule has 20 heavy (non-hydrogen) atoms. The van der Waals surface area contributed by atoms with Gasteiger partial charge in [0.25, 0.3) is 0 Å². The van der Waals surface area contributed by atoms with E-state index >= 15 is 0 Å². The molecule has 0 aliphatic heterocycles. The second-order valence-corrected chi connectivity index (χ2v) is 5.57. The van der Waals surface area contributed by atoms with Crippen molar-refractivity contribution < 1.29 is 4.79 Å². The number of rotatable bonds is 9. The maximum Gasteiger partial charge on any atom is 0.222 e. The third-order valence-corrected chi connectivity index (χ3v) is 3.66. The summed E-state index contributed by atoms with van der Waals surface area (Å²) in [7, 11) is 0. The van der Waals surface area contributed by atoms with Crippen molar-refractivity contribution >= 4 is 5.91 Å². The molecule has 0 fully saturated rings. The van der Waals surface area contributed by atoms with Crippen molar-refractivity contribution in [1.29, 1.82) is 0 Å². The Morgan fingerprint density at radius 1 is 1.00 bits per heavy atom. The topological polar surface area (TPSA) is 20.3 Å².